The Balaban J connectivity index is 1.67. The third kappa shape index (κ3) is 7.74. The van der Waals surface area contributed by atoms with Gasteiger partial charge in [0.1, 0.15) is 11.9 Å². The van der Waals surface area contributed by atoms with Gasteiger partial charge in [0, 0.05) is 23.6 Å². The average molecular weight is 658 g/mol. The molecule has 46 heavy (non-hydrogen) atoms. The molecule has 3 aliphatic rings. The first-order valence-corrected chi connectivity index (χ1v) is 15.3. The first kappa shape index (κ1) is 35.4. The second kappa shape index (κ2) is 12.6. The van der Waals surface area contributed by atoms with Gasteiger partial charge in [-0.25, -0.2) is 4.79 Å². The fourth-order valence-electron chi connectivity index (χ4n) is 6.51. The first-order valence-electron chi connectivity index (χ1n) is 15.3. The molecule has 1 heterocycles. The second-order valence-corrected chi connectivity index (χ2v) is 14.0. The Morgan fingerprint density at radius 2 is 1.80 bits per heavy atom. The van der Waals surface area contributed by atoms with Crippen molar-refractivity contribution in [3.63, 3.8) is 0 Å². The van der Waals surface area contributed by atoms with E-state index in [9.17, 15) is 41.0 Å². The Morgan fingerprint density at radius 1 is 1.13 bits per heavy atom. The number of ether oxygens (including phenoxy) is 2. The van der Waals surface area contributed by atoms with E-state index in [1.165, 1.54) is 4.90 Å². The number of halogens is 6. The molecule has 1 unspecified atom stereocenters. The summed E-state index contributed by atoms with van der Waals surface area (Å²) in [4.78, 5) is 26.2. The van der Waals surface area contributed by atoms with Gasteiger partial charge < -0.3 is 14.6 Å². The highest BCUT2D eigenvalue weighted by atomic mass is 19.4. The number of rotatable bonds is 9. The number of allylic oxidation sites excluding steroid dienone is 4. The molecule has 254 valence electrons. The number of amides is 1. The fourth-order valence-corrected chi connectivity index (χ4v) is 6.51. The van der Waals surface area contributed by atoms with Gasteiger partial charge >= 0.3 is 24.4 Å². The number of alkyl halides is 6. The lowest BCUT2D eigenvalue weighted by atomic mass is 9.72. The Bertz CT molecular complexity index is 1450. The van der Waals surface area contributed by atoms with Crippen molar-refractivity contribution in [3.8, 4) is 5.75 Å². The summed E-state index contributed by atoms with van der Waals surface area (Å²) >= 11 is 0. The number of hydrogen-bond acceptors (Lipinski definition) is 4. The zero-order valence-corrected chi connectivity index (χ0v) is 26.9. The lowest BCUT2D eigenvalue weighted by Gasteiger charge is -2.36. The van der Waals surface area contributed by atoms with Crippen LogP contribution in [0.4, 0.5) is 31.1 Å². The molecule has 2 aliphatic carbocycles. The molecule has 4 rings (SSSR count). The van der Waals surface area contributed by atoms with Gasteiger partial charge in [0.2, 0.25) is 0 Å². The smallest absolute Gasteiger partial charge is 0.416 e. The molecule has 0 spiro atoms. The van der Waals surface area contributed by atoms with E-state index < -0.39 is 65.5 Å². The van der Waals surface area contributed by atoms with E-state index in [0.717, 1.165) is 34.8 Å². The van der Waals surface area contributed by atoms with Gasteiger partial charge in [-0.15, -0.1) is 0 Å². The highest BCUT2D eigenvalue weighted by Crippen LogP contribution is 2.47. The van der Waals surface area contributed by atoms with Crippen LogP contribution >= 0.6 is 0 Å². The highest BCUT2D eigenvalue weighted by Gasteiger charge is 2.49. The SMILES string of the molecule is COc1ccc(CCC(C)(C)C(=O)O)cc1C1=C(CN2C(=O)O[C@H](C3C=C(C(F)(F)F)C=C(C(F)(F)F)C3)[C@@H]2C)CC(C)(C)CC1. The Hall–Kier alpha value is -3.44. The maximum atomic E-state index is 13.6. The molecule has 0 radical (unpaired) electrons. The van der Waals surface area contributed by atoms with Crippen molar-refractivity contribution in [1.82, 2.24) is 4.90 Å². The van der Waals surface area contributed by atoms with Gasteiger partial charge in [-0.3, -0.25) is 9.69 Å². The van der Waals surface area contributed by atoms with Crippen molar-refractivity contribution in [2.75, 3.05) is 13.7 Å². The predicted octanol–water partition coefficient (Wildman–Crippen LogP) is 8.91. The Morgan fingerprint density at radius 3 is 2.39 bits per heavy atom. The maximum Gasteiger partial charge on any atom is 0.416 e. The van der Waals surface area contributed by atoms with Crippen molar-refractivity contribution >= 4 is 17.6 Å². The number of carbonyl (C=O) groups excluding carboxylic acids is 1. The van der Waals surface area contributed by atoms with Crippen LogP contribution in [0, 0.1) is 16.7 Å². The summed E-state index contributed by atoms with van der Waals surface area (Å²) in [5.74, 6) is -1.61. The normalized spacial score (nSPS) is 24.0. The Kier molecular flexibility index (Phi) is 9.73. The number of aliphatic carboxylic acids is 1. The standard InChI is InChI=1S/C34H41F6NO5/c1-19-28(21-14-23(33(35,36)37)16-24(15-21)34(38,39)40)46-30(44)41(19)18-22-17-31(2,3)11-10-25(22)26-13-20(7-8-27(26)45-6)9-12-32(4,5)29(42)43/h7-8,13-14,16,19,21,28H,9-12,15,17-18H2,1-6H3,(H,42,43)/t19-,21?,28-/m0/s1. The second-order valence-electron chi connectivity index (χ2n) is 14.0. The molecule has 6 nitrogen and oxygen atoms in total. The van der Waals surface area contributed by atoms with Crippen LogP contribution in [-0.2, 0) is 16.0 Å². The molecule has 0 aromatic heterocycles. The number of hydrogen-bond donors (Lipinski definition) is 1. The van der Waals surface area contributed by atoms with E-state index in [1.807, 2.05) is 18.2 Å². The molecule has 1 N–H and O–H groups in total. The van der Waals surface area contributed by atoms with Crippen LogP contribution in [0.3, 0.4) is 0 Å². The topological polar surface area (TPSA) is 76.1 Å². The third-order valence-corrected chi connectivity index (χ3v) is 9.47. The number of methoxy groups -OCH3 is 1. The molecular weight excluding hydrogens is 616 g/mol. The minimum atomic E-state index is -4.99. The minimum Gasteiger partial charge on any atom is -0.496 e. The fraction of sp³-hybridized carbons (Fsp3) is 0.588. The maximum absolute atomic E-state index is 13.6. The molecule has 3 atom stereocenters. The zero-order chi connectivity index (χ0) is 34.4. The van der Waals surface area contributed by atoms with Crippen LogP contribution in [0.25, 0.3) is 5.57 Å². The monoisotopic (exact) mass is 657 g/mol. The molecule has 1 amide bonds. The van der Waals surface area contributed by atoms with Gasteiger partial charge in [0.25, 0.3) is 0 Å². The molecule has 0 saturated carbocycles. The number of carboxylic acid groups (broad SMARTS) is 1. The van der Waals surface area contributed by atoms with E-state index in [4.69, 9.17) is 9.47 Å². The quantitative estimate of drug-likeness (QED) is 0.269. The number of carboxylic acids is 1. The molecule has 1 aromatic carbocycles. The molecule has 12 heteroatoms. The average Bonchev–Trinajstić information content (AvgIpc) is 3.23. The number of nitrogens with zero attached hydrogens (tertiary/aromatic N) is 1. The van der Waals surface area contributed by atoms with Gasteiger partial charge in [0.05, 0.1) is 24.1 Å². The van der Waals surface area contributed by atoms with Crippen LogP contribution in [-0.4, -0.2) is 60.2 Å². The zero-order valence-electron chi connectivity index (χ0n) is 26.9. The minimum absolute atomic E-state index is 0.0826. The summed E-state index contributed by atoms with van der Waals surface area (Å²) in [7, 11) is 1.54. The van der Waals surface area contributed by atoms with E-state index >= 15 is 0 Å². The van der Waals surface area contributed by atoms with E-state index in [0.29, 0.717) is 31.4 Å². The van der Waals surface area contributed by atoms with Crippen molar-refractivity contribution < 1.29 is 50.5 Å². The van der Waals surface area contributed by atoms with Crippen molar-refractivity contribution in [3.05, 3.63) is 58.2 Å². The van der Waals surface area contributed by atoms with Crippen molar-refractivity contribution in [1.29, 1.82) is 0 Å². The molecule has 1 saturated heterocycles. The summed E-state index contributed by atoms with van der Waals surface area (Å²) in [5, 5.41) is 9.55. The predicted molar refractivity (Wildman–Crippen MR) is 160 cm³/mol. The first-order chi connectivity index (χ1) is 21.1. The Labute approximate surface area is 265 Å². The summed E-state index contributed by atoms with van der Waals surface area (Å²) in [5.41, 5.74) is -0.225. The summed E-state index contributed by atoms with van der Waals surface area (Å²) in [6.07, 6.45) is -8.87. The summed E-state index contributed by atoms with van der Waals surface area (Å²) in [6.45, 7) is 9.19. The largest absolute Gasteiger partial charge is 0.496 e. The van der Waals surface area contributed by atoms with Gasteiger partial charge in [-0.05, 0) is 99.6 Å². The highest BCUT2D eigenvalue weighted by molar-refractivity contribution is 5.77. The van der Waals surface area contributed by atoms with Crippen molar-refractivity contribution in [2.45, 2.75) is 97.6 Å². The number of cyclic esters (lactones) is 1. The van der Waals surface area contributed by atoms with Crippen LogP contribution in [0.5, 0.6) is 5.75 Å². The van der Waals surface area contributed by atoms with E-state index in [2.05, 4.69) is 13.8 Å². The van der Waals surface area contributed by atoms with Gasteiger partial charge in [-0.1, -0.05) is 26.0 Å². The molecule has 1 aliphatic heterocycles. The number of aryl methyl sites for hydroxylation is 1. The lowest BCUT2D eigenvalue weighted by Crippen LogP contribution is -2.40. The molecule has 1 aromatic rings. The van der Waals surface area contributed by atoms with Crippen LogP contribution in [0.1, 0.15) is 77.8 Å². The van der Waals surface area contributed by atoms with Crippen LogP contribution in [0.2, 0.25) is 0 Å². The molecule has 1 fully saturated rings. The van der Waals surface area contributed by atoms with E-state index in [1.54, 1.807) is 27.9 Å². The molecular formula is C34H41F6NO5. The van der Waals surface area contributed by atoms with Gasteiger partial charge in [-0.2, -0.15) is 26.3 Å². The summed E-state index contributed by atoms with van der Waals surface area (Å²) < 4.78 is 92.8. The number of carbonyl (C=O) groups is 2. The van der Waals surface area contributed by atoms with Gasteiger partial charge in [0.15, 0.2) is 0 Å². The molecule has 0 bridgehead atoms. The number of benzene rings is 1. The van der Waals surface area contributed by atoms with Crippen LogP contribution < -0.4 is 4.74 Å². The van der Waals surface area contributed by atoms with Crippen LogP contribution in [0.15, 0.2) is 47.1 Å². The third-order valence-electron chi connectivity index (χ3n) is 9.47. The summed E-state index contributed by atoms with van der Waals surface area (Å²) in [6, 6.07) is 4.87. The van der Waals surface area contributed by atoms with Crippen molar-refractivity contribution in [2.24, 2.45) is 16.7 Å². The van der Waals surface area contributed by atoms with E-state index in [-0.39, 0.29) is 18.0 Å². The lowest BCUT2D eigenvalue weighted by molar-refractivity contribution is -0.147.